The summed E-state index contributed by atoms with van der Waals surface area (Å²) >= 11 is 0. The molecular weight excluding hydrogens is 314 g/mol. The first-order valence-electron chi connectivity index (χ1n) is 8.51. The van der Waals surface area contributed by atoms with E-state index in [1.807, 2.05) is 0 Å². The highest BCUT2D eigenvalue weighted by Gasteiger charge is 2.17. The van der Waals surface area contributed by atoms with Crippen LogP contribution in [-0.2, 0) is 4.74 Å². The molecule has 4 rings (SSSR count). The molecule has 6 nitrogen and oxygen atoms in total. The van der Waals surface area contributed by atoms with Crippen molar-refractivity contribution in [2.75, 3.05) is 44.8 Å². The number of fused-ring (bicyclic) bond motifs is 1. The van der Waals surface area contributed by atoms with Gasteiger partial charge in [-0.2, -0.15) is 0 Å². The zero-order valence-electron chi connectivity index (χ0n) is 14.3. The van der Waals surface area contributed by atoms with Gasteiger partial charge in [0, 0.05) is 44.8 Å². The van der Waals surface area contributed by atoms with E-state index in [9.17, 15) is 0 Å². The number of rotatable bonds is 2. The SMILES string of the molecule is CN=C1NCC(c2ccc(N3CCOCC3)cc2)=Cc2nccnc21. The standard InChI is InChI=1S/C19H21N5O/c1-20-19-18-17(21-6-7-22-18)12-15(13-23-19)14-2-4-16(5-3-14)24-8-10-25-11-9-24/h2-7,12H,8-11,13H2,1H3,(H,20,23). The molecular formula is C19H21N5O. The quantitative estimate of drug-likeness (QED) is 0.907. The minimum absolute atomic E-state index is 0.696. The first-order chi connectivity index (χ1) is 12.3. The van der Waals surface area contributed by atoms with E-state index in [1.54, 1.807) is 19.4 Å². The predicted octanol–water partition coefficient (Wildman–Crippen LogP) is 1.83. The molecule has 2 aliphatic heterocycles. The van der Waals surface area contributed by atoms with E-state index >= 15 is 0 Å². The van der Waals surface area contributed by atoms with Gasteiger partial charge in [-0.05, 0) is 29.3 Å². The minimum Gasteiger partial charge on any atom is -0.378 e. The summed E-state index contributed by atoms with van der Waals surface area (Å²) in [6, 6.07) is 8.70. The molecule has 128 valence electrons. The highest BCUT2D eigenvalue weighted by molar-refractivity contribution is 6.03. The minimum atomic E-state index is 0.696. The average molecular weight is 335 g/mol. The maximum Gasteiger partial charge on any atom is 0.149 e. The van der Waals surface area contributed by atoms with Crippen LogP contribution >= 0.6 is 0 Å². The highest BCUT2D eigenvalue weighted by atomic mass is 16.5. The zero-order chi connectivity index (χ0) is 17.1. The number of morpholine rings is 1. The second-order valence-electron chi connectivity index (χ2n) is 6.03. The summed E-state index contributed by atoms with van der Waals surface area (Å²) in [7, 11) is 1.77. The number of nitrogens with one attached hydrogen (secondary N) is 1. The number of aliphatic imine (C=N–C) groups is 1. The van der Waals surface area contributed by atoms with Gasteiger partial charge in [0.05, 0.1) is 18.9 Å². The van der Waals surface area contributed by atoms with Crippen molar-refractivity contribution in [2.24, 2.45) is 4.99 Å². The van der Waals surface area contributed by atoms with Gasteiger partial charge in [0.1, 0.15) is 11.5 Å². The van der Waals surface area contributed by atoms with Crippen LogP contribution in [0.15, 0.2) is 41.7 Å². The van der Waals surface area contributed by atoms with E-state index in [-0.39, 0.29) is 0 Å². The Morgan fingerprint density at radius 2 is 1.84 bits per heavy atom. The molecule has 0 aliphatic carbocycles. The molecule has 1 saturated heterocycles. The number of hydrogen-bond acceptors (Lipinski definition) is 5. The molecule has 2 aliphatic rings. The van der Waals surface area contributed by atoms with Gasteiger partial charge in [-0.3, -0.25) is 9.98 Å². The number of anilines is 1. The number of hydrogen-bond donors (Lipinski definition) is 1. The highest BCUT2D eigenvalue weighted by Crippen LogP contribution is 2.24. The molecule has 1 N–H and O–H groups in total. The molecule has 0 unspecified atom stereocenters. The van der Waals surface area contributed by atoms with Gasteiger partial charge < -0.3 is 15.0 Å². The van der Waals surface area contributed by atoms with Crippen LogP contribution in [0.1, 0.15) is 17.0 Å². The van der Waals surface area contributed by atoms with E-state index in [0.717, 1.165) is 43.5 Å². The summed E-state index contributed by atoms with van der Waals surface area (Å²) in [6.07, 6.45) is 5.51. The molecule has 0 spiro atoms. The van der Waals surface area contributed by atoms with Crippen molar-refractivity contribution < 1.29 is 4.74 Å². The van der Waals surface area contributed by atoms with E-state index in [1.165, 1.54) is 16.8 Å². The topological polar surface area (TPSA) is 62.6 Å². The smallest absolute Gasteiger partial charge is 0.149 e. The molecule has 0 atom stereocenters. The van der Waals surface area contributed by atoms with Gasteiger partial charge in [-0.15, -0.1) is 0 Å². The fourth-order valence-electron chi connectivity index (χ4n) is 3.19. The summed E-state index contributed by atoms with van der Waals surface area (Å²) in [5, 5.41) is 3.37. The Kier molecular flexibility index (Phi) is 4.43. The van der Waals surface area contributed by atoms with E-state index in [4.69, 9.17) is 4.74 Å². The third-order valence-corrected chi connectivity index (χ3v) is 4.55. The molecule has 0 saturated carbocycles. The van der Waals surface area contributed by atoms with Gasteiger partial charge in [-0.25, -0.2) is 4.98 Å². The van der Waals surface area contributed by atoms with Gasteiger partial charge in [0.25, 0.3) is 0 Å². The van der Waals surface area contributed by atoms with E-state index < -0.39 is 0 Å². The van der Waals surface area contributed by atoms with Gasteiger partial charge in [0.15, 0.2) is 0 Å². The van der Waals surface area contributed by atoms with Crippen molar-refractivity contribution in [3.05, 3.63) is 53.6 Å². The molecule has 2 aromatic rings. The largest absolute Gasteiger partial charge is 0.378 e. The summed E-state index contributed by atoms with van der Waals surface area (Å²) in [5.41, 5.74) is 5.24. The summed E-state index contributed by atoms with van der Waals surface area (Å²) < 4.78 is 5.42. The second kappa shape index (κ2) is 7.03. The molecule has 1 aromatic heterocycles. The van der Waals surface area contributed by atoms with E-state index in [2.05, 4.69) is 55.5 Å². The fraction of sp³-hybridized carbons (Fsp3) is 0.316. The number of amidine groups is 1. The van der Waals surface area contributed by atoms with Crippen LogP contribution in [-0.4, -0.2) is 55.7 Å². The lowest BCUT2D eigenvalue weighted by atomic mass is 10.0. The first-order valence-corrected chi connectivity index (χ1v) is 8.51. The van der Waals surface area contributed by atoms with Crippen molar-refractivity contribution in [2.45, 2.75) is 0 Å². The Bertz CT molecular complexity index is 807. The summed E-state index contributed by atoms with van der Waals surface area (Å²) in [4.78, 5) is 15.5. The normalized spacial score (nSPS) is 19.0. The average Bonchev–Trinajstić information content (AvgIpc) is 2.88. The molecule has 0 radical (unpaired) electrons. The van der Waals surface area contributed by atoms with Crippen molar-refractivity contribution in [1.29, 1.82) is 0 Å². The fourth-order valence-corrected chi connectivity index (χ4v) is 3.19. The number of aromatic nitrogens is 2. The Balaban J connectivity index is 1.62. The van der Waals surface area contributed by atoms with Crippen LogP contribution in [0.3, 0.4) is 0 Å². The Morgan fingerprint density at radius 1 is 1.08 bits per heavy atom. The van der Waals surface area contributed by atoms with Gasteiger partial charge in [-0.1, -0.05) is 12.1 Å². The van der Waals surface area contributed by atoms with Crippen LogP contribution in [0.25, 0.3) is 11.6 Å². The van der Waals surface area contributed by atoms with E-state index in [0.29, 0.717) is 6.54 Å². The lowest BCUT2D eigenvalue weighted by molar-refractivity contribution is 0.122. The summed E-state index contributed by atoms with van der Waals surface area (Å²) in [6.45, 7) is 4.18. The molecule has 1 aromatic carbocycles. The summed E-state index contributed by atoms with van der Waals surface area (Å²) in [5.74, 6) is 0.777. The third kappa shape index (κ3) is 3.25. The first kappa shape index (κ1) is 15.8. The Hall–Kier alpha value is -2.73. The molecule has 6 heteroatoms. The predicted molar refractivity (Wildman–Crippen MR) is 99.8 cm³/mol. The Labute approximate surface area is 147 Å². The van der Waals surface area contributed by atoms with Crippen LogP contribution in [0.4, 0.5) is 5.69 Å². The third-order valence-electron chi connectivity index (χ3n) is 4.55. The van der Waals surface area contributed by atoms with Crippen LogP contribution in [0.5, 0.6) is 0 Å². The molecule has 0 amide bonds. The monoisotopic (exact) mass is 335 g/mol. The number of nitrogens with zero attached hydrogens (tertiary/aromatic N) is 4. The van der Waals surface area contributed by atoms with Gasteiger partial charge >= 0.3 is 0 Å². The molecule has 1 fully saturated rings. The number of ether oxygens (including phenoxy) is 1. The molecule has 3 heterocycles. The maximum atomic E-state index is 5.42. The Morgan fingerprint density at radius 3 is 2.60 bits per heavy atom. The van der Waals surface area contributed by atoms with Crippen LogP contribution < -0.4 is 10.2 Å². The van der Waals surface area contributed by atoms with Crippen LogP contribution in [0.2, 0.25) is 0 Å². The number of benzene rings is 1. The lowest BCUT2D eigenvalue weighted by Gasteiger charge is -2.29. The molecule has 25 heavy (non-hydrogen) atoms. The lowest BCUT2D eigenvalue weighted by Crippen LogP contribution is -2.36. The maximum absolute atomic E-state index is 5.42. The van der Waals surface area contributed by atoms with Crippen molar-refractivity contribution in [3.8, 4) is 0 Å². The second-order valence-corrected chi connectivity index (χ2v) is 6.03. The van der Waals surface area contributed by atoms with Crippen molar-refractivity contribution in [3.63, 3.8) is 0 Å². The van der Waals surface area contributed by atoms with Crippen molar-refractivity contribution in [1.82, 2.24) is 15.3 Å². The van der Waals surface area contributed by atoms with Crippen LogP contribution in [0, 0.1) is 0 Å². The zero-order valence-corrected chi connectivity index (χ0v) is 14.3. The van der Waals surface area contributed by atoms with Crippen molar-refractivity contribution >= 4 is 23.2 Å². The molecule has 0 bridgehead atoms. The van der Waals surface area contributed by atoms with Gasteiger partial charge in [0.2, 0.25) is 0 Å².